The van der Waals surface area contributed by atoms with Crippen molar-refractivity contribution in [3.05, 3.63) is 11.8 Å². The summed E-state index contributed by atoms with van der Waals surface area (Å²) >= 11 is 0. The third kappa shape index (κ3) is 1.39. The molecule has 0 aromatic rings. The molecular formula is C10H14O4. The second-order valence-electron chi connectivity index (χ2n) is 3.70. The van der Waals surface area contributed by atoms with E-state index in [1.807, 2.05) is 6.92 Å². The van der Waals surface area contributed by atoms with Gasteiger partial charge in [-0.25, -0.2) is 4.79 Å². The van der Waals surface area contributed by atoms with Gasteiger partial charge >= 0.3 is 5.97 Å². The molecular weight excluding hydrogens is 184 g/mol. The average Bonchev–Trinajstić information content (AvgIpc) is 2.18. The van der Waals surface area contributed by atoms with Crippen LogP contribution in [0.3, 0.4) is 0 Å². The number of hydrogen-bond acceptors (Lipinski definition) is 4. The van der Waals surface area contributed by atoms with E-state index in [4.69, 9.17) is 9.47 Å². The van der Waals surface area contributed by atoms with Gasteiger partial charge < -0.3 is 14.6 Å². The van der Waals surface area contributed by atoms with E-state index in [9.17, 15) is 9.90 Å². The number of aliphatic hydroxyl groups excluding tert-OH is 1. The zero-order valence-electron chi connectivity index (χ0n) is 8.10. The summed E-state index contributed by atoms with van der Waals surface area (Å²) < 4.78 is 9.92. The van der Waals surface area contributed by atoms with Crippen LogP contribution in [0.4, 0.5) is 0 Å². The summed E-state index contributed by atoms with van der Waals surface area (Å²) in [5.74, 6) is -0.181. The van der Waals surface area contributed by atoms with Crippen molar-refractivity contribution < 1.29 is 19.4 Å². The summed E-state index contributed by atoms with van der Waals surface area (Å²) in [4.78, 5) is 11.3. The molecule has 78 valence electrons. The van der Waals surface area contributed by atoms with Crippen LogP contribution in [0, 0.1) is 11.8 Å². The molecule has 1 fully saturated rings. The van der Waals surface area contributed by atoms with Gasteiger partial charge in [-0.1, -0.05) is 6.92 Å². The van der Waals surface area contributed by atoms with E-state index >= 15 is 0 Å². The fraction of sp³-hybridized carbons (Fsp3) is 0.700. The normalized spacial score (nSPS) is 36.6. The SMILES string of the molecule is CC[C@H]1[C@H](O)OC=C2C(=O)OCC[C@H]21. The van der Waals surface area contributed by atoms with Gasteiger partial charge in [0, 0.05) is 11.8 Å². The van der Waals surface area contributed by atoms with Crippen molar-refractivity contribution in [1.29, 1.82) is 0 Å². The van der Waals surface area contributed by atoms with Crippen LogP contribution < -0.4 is 0 Å². The zero-order valence-corrected chi connectivity index (χ0v) is 8.10. The van der Waals surface area contributed by atoms with E-state index in [2.05, 4.69) is 0 Å². The molecule has 1 saturated heterocycles. The highest BCUT2D eigenvalue weighted by Gasteiger charge is 2.40. The molecule has 3 atom stereocenters. The van der Waals surface area contributed by atoms with Crippen LogP contribution in [-0.2, 0) is 14.3 Å². The lowest BCUT2D eigenvalue weighted by atomic mass is 9.79. The fourth-order valence-electron chi connectivity index (χ4n) is 2.18. The summed E-state index contributed by atoms with van der Waals surface area (Å²) in [7, 11) is 0. The number of esters is 1. The van der Waals surface area contributed by atoms with E-state index in [0.717, 1.165) is 12.8 Å². The zero-order chi connectivity index (χ0) is 10.1. The smallest absolute Gasteiger partial charge is 0.337 e. The molecule has 2 aliphatic heterocycles. The molecule has 4 heteroatoms. The van der Waals surface area contributed by atoms with Crippen molar-refractivity contribution in [1.82, 2.24) is 0 Å². The molecule has 2 heterocycles. The Balaban J connectivity index is 2.25. The number of aliphatic hydroxyl groups is 1. The minimum Gasteiger partial charge on any atom is -0.472 e. The fourth-order valence-corrected chi connectivity index (χ4v) is 2.18. The van der Waals surface area contributed by atoms with Crippen LogP contribution in [0.15, 0.2) is 11.8 Å². The number of cyclic esters (lactones) is 1. The molecule has 0 bridgehead atoms. The number of carbonyl (C=O) groups excluding carboxylic acids is 1. The van der Waals surface area contributed by atoms with Crippen LogP contribution >= 0.6 is 0 Å². The van der Waals surface area contributed by atoms with Gasteiger partial charge in [0.05, 0.1) is 18.4 Å². The molecule has 0 amide bonds. The molecule has 0 aromatic carbocycles. The Labute approximate surface area is 82.5 Å². The van der Waals surface area contributed by atoms with Crippen molar-refractivity contribution in [2.24, 2.45) is 11.8 Å². The highest BCUT2D eigenvalue weighted by atomic mass is 16.6. The molecule has 14 heavy (non-hydrogen) atoms. The molecule has 0 spiro atoms. The number of ether oxygens (including phenoxy) is 2. The predicted molar refractivity (Wildman–Crippen MR) is 48.0 cm³/mol. The Hall–Kier alpha value is -1.03. The topological polar surface area (TPSA) is 55.8 Å². The lowest BCUT2D eigenvalue weighted by Gasteiger charge is -2.36. The maximum atomic E-state index is 11.3. The second-order valence-corrected chi connectivity index (χ2v) is 3.70. The van der Waals surface area contributed by atoms with Crippen molar-refractivity contribution in [2.75, 3.05) is 6.61 Å². The number of fused-ring (bicyclic) bond motifs is 1. The third-order valence-corrected chi connectivity index (χ3v) is 2.99. The third-order valence-electron chi connectivity index (χ3n) is 2.99. The van der Waals surface area contributed by atoms with Crippen LogP contribution in [0.5, 0.6) is 0 Å². The standard InChI is InChI=1S/C10H14O4/c1-2-6-7-3-4-13-10(12)8(7)5-14-9(6)11/h5-7,9,11H,2-4H2,1H3/t6-,7+,9-/m1/s1. The maximum absolute atomic E-state index is 11.3. The van der Waals surface area contributed by atoms with E-state index in [-0.39, 0.29) is 17.8 Å². The molecule has 0 radical (unpaired) electrons. The highest BCUT2D eigenvalue weighted by molar-refractivity contribution is 5.89. The van der Waals surface area contributed by atoms with Crippen molar-refractivity contribution in [3.8, 4) is 0 Å². The molecule has 4 nitrogen and oxygen atoms in total. The van der Waals surface area contributed by atoms with E-state index in [0.29, 0.717) is 12.2 Å². The Morgan fingerprint density at radius 1 is 1.64 bits per heavy atom. The van der Waals surface area contributed by atoms with Crippen LogP contribution in [-0.4, -0.2) is 24.0 Å². The first kappa shape index (κ1) is 9.52. The quantitative estimate of drug-likeness (QED) is 0.633. The Kier molecular flexibility index (Phi) is 2.46. The maximum Gasteiger partial charge on any atom is 0.337 e. The van der Waals surface area contributed by atoms with E-state index < -0.39 is 6.29 Å². The molecule has 0 aliphatic carbocycles. The van der Waals surface area contributed by atoms with Crippen molar-refractivity contribution in [3.63, 3.8) is 0 Å². The summed E-state index contributed by atoms with van der Waals surface area (Å²) in [5, 5.41) is 9.58. The van der Waals surface area contributed by atoms with Gasteiger partial charge in [-0.05, 0) is 12.8 Å². The summed E-state index contributed by atoms with van der Waals surface area (Å²) in [6.07, 6.45) is 2.16. The first-order chi connectivity index (χ1) is 6.74. The molecule has 2 rings (SSSR count). The lowest BCUT2D eigenvalue weighted by Crippen LogP contribution is -2.39. The van der Waals surface area contributed by atoms with E-state index in [1.54, 1.807) is 0 Å². The summed E-state index contributed by atoms with van der Waals surface area (Å²) in [6.45, 7) is 2.43. The number of carbonyl (C=O) groups is 1. The summed E-state index contributed by atoms with van der Waals surface area (Å²) in [6, 6.07) is 0. The van der Waals surface area contributed by atoms with Gasteiger partial charge in [0.25, 0.3) is 0 Å². The minimum atomic E-state index is -0.778. The first-order valence-electron chi connectivity index (χ1n) is 4.94. The Bertz CT molecular complexity index is 271. The number of rotatable bonds is 1. The summed E-state index contributed by atoms with van der Waals surface area (Å²) in [5.41, 5.74) is 0.577. The van der Waals surface area contributed by atoms with Gasteiger partial charge in [-0.2, -0.15) is 0 Å². The molecule has 0 aromatic heterocycles. The van der Waals surface area contributed by atoms with Gasteiger partial charge in [0.15, 0.2) is 6.29 Å². The predicted octanol–water partition coefficient (Wildman–Crippen LogP) is 0.808. The monoisotopic (exact) mass is 198 g/mol. The minimum absolute atomic E-state index is 0.0165. The van der Waals surface area contributed by atoms with E-state index in [1.165, 1.54) is 6.26 Å². The van der Waals surface area contributed by atoms with Gasteiger partial charge in [0.2, 0.25) is 0 Å². The van der Waals surface area contributed by atoms with Crippen LogP contribution in [0.25, 0.3) is 0 Å². The van der Waals surface area contributed by atoms with Crippen molar-refractivity contribution >= 4 is 5.97 Å². The molecule has 0 unspecified atom stereocenters. The Morgan fingerprint density at radius 3 is 3.14 bits per heavy atom. The molecule has 1 N–H and O–H groups in total. The van der Waals surface area contributed by atoms with Gasteiger partial charge in [-0.3, -0.25) is 0 Å². The highest BCUT2D eigenvalue weighted by Crippen LogP contribution is 2.37. The van der Waals surface area contributed by atoms with Crippen molar-refractivity contribution in [2.45, 2.75) is 26.1 Å². The van der Waals surface area contributed by atoms with Crippen LogP contribution in [0.1, 0.15) is 19.8 Å². The largest absolute Gasteiger partial charge is 0.472 e. The van der Waals surface area contributed by atoms with Crippen LogP contribution in [0.2, 0.25) is 0 Å². The molecule has 2 aliphatic rings. The van der Waals surface area contributed by atoms with Gasteiger partial charge in [0.1, 0.15) is 0 Å². The van der Waals surface area contributed by atoms with Gasteiger partial charge in [-0.15, -0.1) is 0 Å². The number of hydrogen-bond donors (Lipinski definition) is 1. The molecule has 0 saturated carbocycles. The average molecular weight is 198 g/mol. The lowest BCUT2D eigenvalue weighted by molar-refractivity contribution is -0.155. The Morgan fingerprint density at radius 2 is 2.43 bits per heavy atom. The second kappa shape index (κ2) is 3.61. The first-order valence-corrected chi connectivity index (χ1v) is 4.94.